The summed E-state index contributed by atoms with van der Waals surface area (Å²) < 4.78 is 64.1. The number of ether oxygens (including phenoxy) is 1. The third-order valence-electron chi connectivity index (χ3n) is 1.81. The molecule has 18 heavy (non-hydrogen) atoms. The molecule has 0 atom stereocenters. The zero-order valence-corrected chi connectivity index (χ0v) is 8.71. The van der Waals surface area contributed by atoms with Gasteiger partial charge >= 0.3 is 12.3 Å². The van der Waals surface area contributed by atoms with Gasteiger partial charge in [0, 0.05) is 6.08 Å². The van der Waals surface area contributed by atoms with Crippen LogP contribution in [0.15, 0.2) is 30.3 Å². The first-order valence-corrected chi connectivity index (χ1v) is 4.56. The van der Waals surface area contributed by atoms with Gasteiger partial charge in [-0.25, -0.2) is 0 Å². The Bertz CT molecular complexity index is 470. The fourth-order valence-electron chi connectivity index (χ4n) is 0.986. The molecule has 96 valence electrons. The number of nitrogens with zero attached hydrogens (tertiary/aromatic N) is 1. The van der Waals surface area contributed by atoms with Crippen LogP contribution in [-0.4, -0.2) is 12.3 Å². The molecule has 0 aromatic heterocycles. The molecular weight excluding hydrogens is 257 g/mol. The molecule has 0 aliphatic heterocycles. The highest BCUT2D eigenvalue weighted by atomic mass is 19.4. The Balaban J connectivity index is 2.82. The molecule has 0 aliphatic rings. The lowest BCUT2D eigenvalue weighted by Gasteiger charge is -2.20. The van der Waals surface area contributed by atoms with E-state index in [2.05, 4.69) is 4.74 Å². The quantitative estimate of drug-likeness (QED) is 0.614. The minimum Gasteiger partial charge on any atom is -0.426 e. The van der Waals surface area contributed by atoms with Crippen molar-refractivity contribution in [1.82, 2.24) is 0 Å². The second-order valence-corrected chi connectivity index (χ2v) is 3.15. The van der Waals surface area contributed by atoms with Crippen molar-refractivity contribution >= 4 is 6.08 Å². The summed E-state index contributed by atoms with van der Waals surface area (Å²) in [5.41, 5.74) is 0.472. The number of hydrogen-bond acceptors (Lipinski definition) is 2. The maximum atomic E-state index is 12.5. The van der Waals surface area contributed by atoms with Gasteiger partial charge in [0.25, 0.3) is 0 Å². The molecule has 0 fully saturated rings. The Morgan fingerprint density at radius 1 is 1.06 bits per heavy atom. The van der Waals surface area contributed by atoms with Crippen molar-refractivity contribution in [2.75, 3.05) is 0 Å². The van der Waals surface area contributed by atoms with Gasteiger partial charge in [0.05, 0.1) is 6.07 Å². The van der Waals surface area contributed by atoms with Gasteiger partial charge in [-0.15, -0.1) is 0 Å². The van der Waals surface area contributed by atoms with Crippen molar-refractivity contribution in [3.05, 3.63) is 35.9 Å². The highest BCUT2D eigenvalue weighted by molar-refractivity contribution is 5.52. The molecular formula is C11H6F5NO. The van der Waals surface area contributed by atoms with Crippen LogP contribution < -0.4 is 4.74 Å². The second-order valence-electron chi connectivity index (χ2n) is 3.15. The summed E-state index contributed by atoms with van der Waals surface area (Å²) in [6.07, 6.45) is -8.50. The van der Waals surface area contributed by atoms with Crippen LogP contribution in [-0.2, 0) is 0 Å². The molecule has 0 saturated heterocycles. The number of benzene rings is 1. The van der Waals surface area contributed by atoms with Crippen LogP contribution in [0.1, 0.15) is 5.56 Å². The molecule has 0 spiro atoms. The zero-order chi connectivity index (χ0) is 13.8. The van der Waals surface area contributed by atoms with Crippen LogP contribution >= 0.6 is 0 Å². The van der Waals surface area contributed by atoms with E-state index in [1.54, 1.807) is 6.07 Å². The molecule has 0 N–H and O–H groups in total. The first-order chi connectivity index (χ1) is 8.26. The van der Waals surface area contributed by atoms with Crippen molar-refractivity contribution in [3.63, 3.8) is 0 Å². The van der Waals surface area contributed by atoms with E-state index >= 15 is 0 Å². The standard InChI is InChI=1S/C11H6F5NO/c12-10(13,14)11(15,16)18-9-5-3-8(4-6-9)2-1-7-17/h1-6H. The summed E-state index contributed by atoms with van der Waals surface area (Å²) in [5.74, 6) is -0.619. The molecule has 0 amide bonds. The summed E-state index contributed by atoms with van der Waals surface area (Å²) in [5, 5.41) is 8.24. The fourth-order valence-corrected chi connectivity index (χ4v) is 0.986. The first-order valence-electron chi connectivity index (χ1n) is 4.56. The Labute approximate surface area is 98.9 Å². The van der Waals surface area contributed by atoms with Gasteiger partial charge in [0.2, 0.25) is 0 Å². The summed E-state index contributed by atoms with van der Waals surface area (Å²) in [6.45, 7) is 0. The van der Waals surface area contributed by atoms with Gasteiger partial charge in [0.15, 0.2) is 0 Å². The lowest BCUT2D eigenvalue weighted by molar-refractivity contribution is -0.360. The van der Waals surface area contributed by atoms with E-state index in [1.807, 2.05) is 0 Å². The highest BCUT2D eigenvalue weighted by Crippen LogP contribution is 2.37. The van der Waals surface area contributed by atoms with Gasteiger partial charge < -0.3 is 4.74 Å². The van der Waals surface area contributed by atoms with E-state index < -0.39 is 18.0 Å². The van der Waals surface area contributed by atoms with Crippen molar-refractivity contribution in [2.45, 2.75) is 12.3 Å². The van der Waals surface area contributed by atoms with Gasteiger partial charge in [-0.05, 0) is 23.8 Å². The van der Waals surface area contributed by atoms with Crippen LogP contribution in [0.5, 0.6) is 5.75 Å². The van der Waals surface area contributed by atoms with Crippen LogP contribution in [0.3, 0.4) is 0 Å². The SMILES string of the molecule is N#CC=Cc1ccc(OC(F)(F)C(F)(F)F)cc1. The summed E-state index contributed by atoms with van der Waals surface area (Å²) in [7, 11) is 0. The number of hydrogen-bond donors (Lipinski definition) is 0. The lowest BCUT2D eigenvalue weighted by atomic mass is 10.2. The number of rotatable bonds is 3. The van der Waals surface area contributed by atoms with Crippen LogP contribution in [0.2, 0.25) is 0 Å². The minimum atomic E-state index is -5.77. The molecule has 0 radical (unpaired) electrons. The summed E-state index contributed by atoms with van der Waals surface area (Å²) in [4.78, 5) is 0. The maximum Gasteiger partial charge on any atom is 0.499 e. The molecule has 0 aliphatic carbocycles. The Kier molecular flexibility index (Phi) is 3.91. The third-order valence-corrected chi connectivity index (χ3v) is 1.81. The molecule has 1 rings (SSSR count). The molecule has 1 aromatic rings. The smallest absolute Gasteiger partial charge is 0.426 e. The highest BCUT2D eigenvalue weighted by Gasteiger charge is 2.61. The Morgan fingerprint density at radius 2 is 1.61 bits per heavy atom. The van der Waals surface area contributed by atoms with Crippen molar-refractivity contribution in [1.29, 1.82) is 5.26 Å². The monoisotopic (exact) mass is 263 g/mol. The number of halogens is 5. The van der Waals surface area contributed by atoms with E-state index in [0.29, 0.717) is 5.56 Å². The lowest BCUT2D eigenvalue weighted by Crippen LogP contribution is -2.41. The maximum absolute atomic E-state index is 12.5. The van der Waals surface area contributed by atoms with Crippen molar-refractivity contribution in [2.24, 2.45) is 0 Å². The minimum absolute atomic E-state index is 0.472. The molecule has 7 heteroatoms. The van der Waals surface area contributed by atoms with Gasteiger partial charge in [-0.3, -0.25) is 0 Å². The normalized spacial score (nSPS) is 12.4. The summed E-state index contributed by atoms with van der Waals surface area (Å²) in [6, 6.07) is 6.11. The van der Waals surface area contributed by atoms with Crippen LogP contribution in [0, 0.1) is 11.3 Å². The molecule has 0 heterocycles. The topological polar surface area (TPSA) is 33.0 Å². The molecule has 0 unspecified atom stereocenters. The second kappa shape index (κ2) is 5.04. The first kappa shape index (κ1) is 14.0. The number of allylic oxidation sites excluding steroid dienone is 1. The molecule has 0 saturated carbocycles. The predicted molar refractivity (Wildman–Crippen MR) is 52.7 cm³/mol. The third kappa shape index (κ3) is 3.45. The molecule has 0 bridgehead atoms. The van der Waals surface area contributed by atoms with E-state index in [1.165, 1.54) is 18.2 Å². The van der Waals surface area contributed by atoms with E-state index in [4.69, 9.17) is 5.26 Å². The average Bonchev–Trinajstić information content (AvgIpc) is 2.26. The summed E-state index contributed by atoms with van der Waals surface area (Å²) >= 11 is 0. The van der Waals surface area contributed by atoms with Crippen LogP contribution in [0.4, 0.5) is 22.0 Å². The molecule has 2 nitrogen and oxygen atoms in total. The predicted octanol–water partition coefficient (Wildman–Crippen LogP) is 3.76. The van der Waals surface area contributed by atoms with Gasteiger partial charge in [-0.1, -0.05) is 12.1 Å². The van der Waals surface area contributed by atoms with E-state index in [0.717, 1.165) is 18.2 Å². The van der Waals surface area contributed by atoms with Gasteiger partial charge in [0.1, 0.15) is 5.75 Å². The van der Waals surface area contributed by atoms with Crippen molar-refractivity contribution in [3.8, 4) is 11.8 Å². The van der Waals surface area contributed by atoms with Crippen molar-refractivity contribution < 1.29 is 26.7 Å². The Hall–Kier alpha value is -2.10. The van der Waals surface area contributed by atoms with Crippen LogP contribution in [0.25, 0.3) is 6.08 Å². The van der Waals surface area contributed by atoms with E-state index in [-0.39, 0.29) is 0 Å². The fraction of sp³-hybridized carbons (Fsp3) is 0.182. The Morgan fingerprint density at radius 3 is 2.06 bits per heavy atom. The van der Waals surface area contributed by atoms with Gasteiger partial charge in [-0.2, -0.15) is 27.2 Å². The zero-order valence-electron chi connectivity index (χ0n) is 8.71. The average molecular weight is 263 g/mol. The number of alkyl halides is 5. The number of nitriles is 1. The largest absolute Gasteiger partial charge is 0.499 e. The molecule has 1 aromatic carbocycles. The van der Waals surface area contributed by atoms with E-state index in [9.17, 15) is 22.0 Å².